The molecule has 0 spiro atoms. The molecule has 150 valence electrons. The average molecular weight is 365 g/mol. The van der Waals surface area contributed by atoms with Crippen LogP contribution < -0.4 is 0 Å². The van der Waals surface area contributed by atoms with Crippen LogP contribution in [0.4, 0.5) is 0 Å². The minimum absolute atomic E-state index is 0.517. The number of allylic oxidation sites excluding steroid dienone is 2. The lowest BCUT2D eigenvalue weighted by Crippen LogP contribution is -2.14. The van der Waals surface area contributed by atoms with E-state index in [1.807, 2.05) is 12.2 Å². The molecular weight excluding hydrogens is 324 g/mol. The maximum Gasteiger partial charge on any atom is 0.341 e. The number of unbranched alkanes of at least 4 members (excludes halogenated alkanes) is 11. The van der Waals surface area contributed by atoms with Gasteiger partial charge in [-0.3, -0.25) is 0 Å². The van der Waals surface area contributed by atoms with Gasteiger partial charge in [-0.15, -0.1) is 0 Å². The Morgan fingerprint density at radius 3 is 1.35 bits per heavy atom. The van der Waals surface area contributed by atoms with Crippen molar-refractivity contribution in [1.82, 2.24) is 0 Å². The van der Waals surface area contributed by atoms with Crippen LogP contribution in [0, 0.1) is 0 Å². The molecule has 0 saturated heterocycles. The summed E-state index contributed by atoms with van der Waals surface area (Å²) >= 11 is 0. The lowest BCUT2D eigenvalue weighted by Gasteiger charge is -2.04. The summed E-state index contributed by atoms with van der Waals surface area (Å²) in [6.07, 6.45) is 18.9. The maximum absolute atomic E-state index is 12.0. The molecule has 0 aliphatic carbocycles. The summed E-state index contributed by atoms with van der Waals surface area (Å²) < 4.78 is 4.97. The van der Waals surface area contributed by atoms with Gasteiger partial charge in [-0.1, -0.05) is 83.8 Å². The number of hydrogen-bond acceptors (Lipinski definition) is 3. The molecule has 0 rings (SSSR count). The Kier molecular flexibility index (Phi) is 16.1. The van der Waals surface area contributed by atoms with Crippen molar-refractivity contribution in [2.75, 3.05) is 0 Å². The number of esters is 2. The highest BCUT2D eigenvalue weighted by Crippen LogP contribution is 2.11. The average Bonchev–Trinajstić information content (AvgIpc) is 2.63. The summed E-state index contributed by atoms with van der Waals surface area (Å²) in [5.41, 5.74) is 1.05. The van der Waals surface area contributed by atoms with E-state index >= 15 is 0 Å². The molecule has 0 saturated carbocycles. The molecule has 0 radical (unpaired) electrons. The normalized spacial score (nSPS) is 12.3. The van der Waals surface area contributed by atoms with Crippen LogP contribution in [0.1, 0.15) is 111 Å². The van der Waals surface area contributed by atoms with Crippen molar-refractivity contribution < 1.29 is 14.3 Å². The minimum Gasteiger partial charge on any atom is -0.386 e. The first kappa shape index (κ1) is 24.6. The predicted molar refractivity (Wildman–Crippen MR) is 110 cm³/mol. The summed E-state index contributed by atoms with van der Waals surface area (Å²) in [4.78, 5) is 23.9. The van der Waals surface area contributed by atoms with Gasteiger partial charge in [0.15, 0.2) is 0 Å². The summed E-state index contributed by atoms with van der Waals surface area (Å²) in [6.45, 7) is 7.85. The van der Waals surface area contributed by atoms with Gasteiger partial charge in [0.2, 0.25) is 0 Å². The number of carbonyl (C=O) groups is 2. The Morgan fingerprint density at radius 2 is 0.962 bits per heavy atom. The van der Waals surface area contributed by atoms with Crippen molar-refractivity contribution in [2.24, 2.45) is 0 Å². The van der Waals surface area contributed by atoms with Crippen LogP contribution in [0.25, 0.3) is 0 Å². The Morgan fingerprint density at radius 1 is 0.615 bits per heavy atom. The molecule has 0 atom stereocenters. The molecule has 26 heavy (non-hydrogen) atoms. The van der Waals surface area contributed by atoms with Crippen LogP contribution in [-0.2, 0) is 14.3 Å². The van der Waals surface area contributed by atoms with Crippen LogP contribution in [0.2, 0.25) is 0 Å². The molecule has 0 aliphatic heterocycles. The highest BCUT2D eigenvalue weighted by molar-refractivity contribution is 6.01. The topological polar surface area (TPSA) is 43.4 Å². The molecule has 0 aromatic heterocycles. The zero-order chi connectivity index (χ0) is 19.6. The van der Waals surface area contributed by atoms with Gasteiger partial charge in [0.1, 0.15) is 0 Å². The fourth-order valence-corrected chi connectivity index (χ4v) is 2.72. The van der Waals surface area contributed by atoms with Gasteiger partial charge >= 0.3 is 11.9 Å². The third kappa shape index (κ3) is 13.9. The third-order valence-electron chi connectivity index (χ3n) is 4.60. The first-order valence-electron chi connectivity index (χ1n) is 10.6. The van der Waals surface area contributed by atoms with E-state index in [4.69, 9.17) is 4.74 Å². The van der Waals surface area contributed by atoms with Crippen LogP contribution in [0.3, 0.4) is 0 Å². The molecule has 0 aliphatic rings. The fraction of sp³-hybridized carbons (Fsp3) is 0.739. The highest BCUT2D eigenvalue weighted by atomic mass is 16.6. The lowest BCUT2D eigenvalue weighted by atomic mass is 10.1. The van der Waals surface area contributed by atoms with E-state index in [-0.39, 0.29) is 0 Å². The number of hydrogen-bond donors (Lipinski definition) is 0. The van der Waals surface area contributed by atoms with Gasteiger partial charge in [0, 0.05) is 11.1 Å². The van der Waals surface area contributed by atoms with Crippen molar-refractivity contribution >= 4 is 11.9 Å². The molecule has 0 aromatic carbocycles. The molecule has 0 heterocycles. The van der Waals surface area contributed by atoms with Crippen LogP contribution in [-0.4, -0.2) is 11.9 Å². The van der Waals surface area contributed by atoms with Crippen molar-refractivity contribution in [3.63, 3.8) is 0 Å². The first-order chi connectivity index (χ1) is 12.5. The highest BCUT2D eigenvalue weighted by Gasteiger charge is 2.13. The van der Waals surface area contributed by atoms with Crippen molar-refractivity contribution in [3.8, 4) is 0 Å². The number of carbonyl (C=O) groups excluding carboxylic acids is 2. The van der Waals surface area contributed by atoms with Gasteiger partial charge in [-0.25, -0.2) is 9.59 Å². The van der Waals surface area contributed by atoms with Crippen LogP contribution in [0.15, 0.2) is 23.3 Å². The third-order valence-corrected chi connectivity index (χ3v) is 4.60. The van der Waals surface area contributed by atoms with E-state index in [1.165, 1.54) is 57.8 Å². The van der Waals surface area contributed by atoms with Gasteiger partial charge in [0.25, 0.3) is 0 Å². The monoisotopic (exact) mass is 364 g/mol. The largest absolute Gasteiger partial charge is 0.386 e. The SMILES string of the molecule is CCCCCCCC=C(C)C(=O)OC(=O)C(C)=CCCCCCCCC. The molecule has 0 fully saturated rings. The second kappa shape index (κ2) is 17.1. The molecular formula is C23H40O3. The smallest absolute Gasteiger partial charge is 0.341 e. The van der Waals surface area contributed by atoms with Gasteiger partial charge in [0.05, 0.1) is 0 Å². The molecule has 0 bridgehead atoms. The minimum atomic E-state index is -0.518. The molecule has 3 heteroatoms. The van der Waals surface area contributed by atoms with E-state index in [0.717, 1.165) is 25.7 Å². The standard InChI is InChI=1S/C23H40O3/c1-5-7-9-11-13-15-17-19-21(4)23(25)26-22(24)20(3)18-16-14-12-10-8-6-2/h18-19H,5-17H2,1-4H3. The lowest BCUT2D eigenvalue weighted by molar-refractivity contribution is -0.153. The van der Waals surface area contributed by atoms with E-state index < -0.39 is 11.9 Å². The van der Waals surface area contributed by atoms with Gasteiger partial charge in [-0.05, 0) is 39.5 Å². The zero-order valence-corrected chi connectivity index (χ0v) is 17.6. The van der Waals surface area contributed by atoms with Crippen LogP contribution >= 0.6 is 0 Å². The van der Waals surface area contributed by atoms with E-state index in [0.29, 0.717) is 11.1 Å². The van der Waals surface area contributed by atoms with Gasteiger partial charge in [-0.2, -0.15) is 0 Å². The van der Waals surface area contributed by atoms with E-state index in [9.17, 15) is 9.59 Å². The van der Waals surface area contributed by atoms with Crippen molar-refractivity contribution in [1.29, 1.82) is 0 Å². The Labute approximate surface area is 161 Å². The molecule has 0 aromatic rings. The maximum atomic E-state index is 12.0. The van der Waals surface area contributed by atoms with E-state index in [2.05, 4.69) is 13.8 Å². The zero-order valence-electron chi connectivity index (χ0n) is 17.6. The molecule has 0 amide bonds. The predicted octanol–water partition coefficient (Wildman–Crippen LogP) is 7.06. The van der Waals surface area contributed by atoms with Crippen LogP contribution in [0.5, 0.6) is 0 Å². The van der Waals surface area contributed by atoms with E-state index in [1.54, 1.807) is 13.8 Å². The summed E-state index contributed by atoms with van der Waals surface area (Å²) in [5.74, 6) is -1.03. The van der Waals surface area contributed by atoms with Crippen molar-refractivity contribution in [3.05, 3.63) is 23.3 Å². The van der Waals surface area contributed by atoms with Gasteiger partial charge < -0.3 is 4.74 Å². The fourth-order valence-electron chi connectivity index (χ4n) is 2.72. The number of rotatable bonds is 15. The summed E-state index contributed by atoms with van der Waals surface area (Å²) in [5, 5.41) is 0. The summed E-state index contributed by atoms with van der Waals surface area (Å²) in [7, 11) is 0. The summed E-state index contributed by atoms with van der Waals surface area (Å²) in [6, 6.07) is 0. The Hall–Kier alpha value is -1.38. The molecule has 3 nitrogen and oxygen atoms in total. The Balaban J connectivity index is 4.02. The second-order valence-electron chi connectivity index (χ2n) is 7.21. The molecule has 0 unspecified atom stereocenters. The molecule has 0 N–H and O–H groups in total. The number of ether oxygens (including phenoxy) is 1. The quantitative estimate of drug-likeness (QED) is 0.135. The first-order valence-corrected chi connectivity index (χ1v) is 10.6. The second-order valence-corrected chi connectivity index (χ2v) is 7.21. The Bertz CT molecular complexity index is 446. The van der Waals surface area contributed by atoms with Crippen molar-refractivity contribution in [2.45, 2.75) is 111 Å².